The molecule has 1 N–H and O–H groups in total. The Morgan fingerprint density at radius 2 is 1.90 bits per heavy atom. The van der Waals surface area contributed by atoms with Gasteiger partial charge >= 0.3 is 6.92 Å². The molecule has 0 bridgehead atoms. The third-order valence-electron chi connectivity index (χ3n) is 1.24. The van der Waals surface area contributed by atoms with E-state index in [9.17, 15) is 0 Å². The molecule has 0 aliphatic carbocycles. The molecule has 0 aliphatic rings. The van der Waals surface area contributed by atoms with Crippen molar-refractivity contribution in [2.24, 2.45) is 0 Å². The van der Waals surface area contributed by atoms with Crippen LogP contribution in [0.15, 0.2) is 30.3 Å². The Bertz CT molecular complexity index is 242. The minimum Gasteiger partial charge on any atom is -0.435 e. The van der Waals surface area contributed by atoms with E-state index in [0.717, 1.165) is 0 Å². The second-order valence-corrected chi connectivity index (χ2v) is 1.94. The van der Waals surface area contributed by atoms with Crippen LogP contribution in [0.1, 0.15) is 0 Å². The van der Waals surface area contributed by atoms with E-state index in [4.69, 9.17) is 10.3 Å². The fourth-order valence-corrected chi connectivity index (χ4v) is 0.710. The van der Waals surface area contributed by atoms with Crippen molar-refractivity contribution in [1.82, 2.24) is 0 Å². The first-order chi connectivity index (χ1) is 4.84. The number of hydrogen-bond donors (Lipinski definition) is 1. The Kier molecular flexibility index (Phi) is 2.09. The lowest BCUT2D eigenvalue weighted by molar-refractivity contribution is 0.600. The molecule has 0 unspecified atom stereocenters. The third kappa shape index (κ3) is 1.37. The predicted octanol–water partition coefficient (Wildman–Crippen LogP) is -0.0598. The molecule has 10 heavy (non-hydrogen) atoms. The van der Waals surface area contributed by atoms with Gasteiger partial charge in [-0.25, -0.2) is 5.26 Å². The van der Waals surface area contributed by atoms with Gasteiger partial charge in [0, 0.05) is 5.97 Å². The van der Waals surface area contributed by atoms with Crippen LogP contribution in [0, 0.1) is 11.2 Å². The maximum atomic E-state index is 8.97. The van der Waals surface area contributed by atoms with E-state index in [1.165, 1.54) is 0 Å². The third-order valence-corrected chi connectivity index (χ3v) is 1.24. The summed E-state index contributed by atoms with van der Waals surface area (Å²) in [5, 5.41) is 17.3. The Hall–Kier alpha value is -1.27. The zero-order chi connectivity index (χ0) is 7.40. The van der Waals surface area contributed by atoms with E-state index in [-0.39, 0.29) is 0 Å². The van der Waals surface area contributed by atoms with Crippen LogP contribution >= 0.6 is 0 Å². The van der Waals surface area contributed by atoms with Gasteiger partial charge in [0.1, 0.15) is 0 Å². The average Bonchev–Trinajstić information content (AvgIpc) is 2.05. The summed E-state index contributed by atoms with van der Waals surface area (Å²) in [4.78, 5) is 0. The second kappa shape index (κ2) is 3.04. The van der Waals surface area contributed by atoms with Gasteiger partial charge in [-0.3, -0.25) is 0 Å². The van der Waals surface area contributed by atoms with Crippen molar-refractivity contribution in [2.75, 3.05) is 0 Å². The molecule has 1 aromatic carbocycles. The lowest BCUT2D eigenvalue weighted by atomic mass is 9.64. The van der Waals surface area contributed by atoms with Crippen LogP contribution in [0.2, 0.25) is 0 Å². The van der Waals surface area contributed by atoms with Gasteiger partial charge in [-0.05, 0) is 5.46 Å². The van der Waals surface area contributed by atoms with Crippen LogP contribution in [0.4, 0.5) is 0 Å². The van der Waals surface area contributed by atoms with Crippen LogP contribution in [-0.4, -0.2) is 11.9 Å². The van der Waals surface area contributed by atoms with Gasteiger partial charge in [0.2, 0.25) is 0 Å². The topological polar surface area (TPSA) is 44.0 Å². The zero-order valence-electron chi connectivity index (χ0n) is 5.36. The van der Waals surface area contributed by atoms with Gasteiger partial charge in [0.25, 0.3) is 0 Å². The number of nitriles is 1. The molecule has 2 nitrogen and oxygen atoms in total. The normalized spacial score (nSPS) is 8.40. The van der Waals surface area contributed by atoms with E-state index in [2.05, 4.69) is 0 Å². The lowest BCUT2D eigenvalue weighted by Crippen LogP contribution is -2.27. The van der Waals surface area contributed by atoms with Gasteiger partial charge in [-0.1, -0.05) is 30.3 Å². The van der Waals surface area contributed by atoms with Crippen LogP contribution in [-0.2, 0) is 0 Å². The van der Waals surface area contributed by atoms with Gasteiger partial charge in [0.05, 0.1) is 0 Å². The van der Waals surface area contributed by atoms with E-state index >= 15 is 0 Å². The summed E-state index contributed by atoms with van der Waals surface area (Å²) in [6.07, 6.45) is 0. The maximum Gasteiger partial charge on any atom is 0.445 e. The number of rotatable bonds is 1. The molecule has 1 rings (SSSR count). The molecule has 0 saturated carbocycles. The minimum absolute atomic E-state index is 0.644. The molecule has 0 amide bonds. The molecule has 0 atom stereocenters. The van der Waals surface area contributed by atoms with Crippen LogP contribution in [0.3, 0.4) is 0 Å². The van der Waals surface area contributed by atoms with Gasteiger partial charge in [-0.2, -0.15) is 0 Å². The van der Waals surface area contributed by atoms with Crippen molar-refractivity contribution in [3.05, 3.63) is 30.3 Å². The Balaban J connectivity index is 2.88. The zero-order valence-corrected chi connectivity index (χ0v) is 5.36. The molecule has 0 fully saturated rings. The highest BCUT2D eigenvalue weighted by atomic mass is 16.2. The van der Waals surface area contributed by atoms with Crippen LogP contribution in [0.5, 0.6) is 0 Å². The standard InChI is InChI=1S/C7H6BNO/c9-6-8(10)7-4-2-1-3-5-7/h1-5,10H. The van der Waals surface area contributed by atoms with E-state index in [1.54, 1.807) is 30.2 Å². The largest absolute Gasteiger partial charge is 0.445 e. The fourth-order valence-electron chi connectivity index (χ4n) is 0.710. The van der Waals surface area contributed by atoms with Crippen molar-refractivity contribution in [3.63, 3.8) is 0 Å². The quantitative estimate of drug-likeness (QED) is 0.542. The molecule has 0 radical (unpaired) electrons. The van der Waals surface area contributed by atoms with Crippen molar-refractivity contribution >= 4 is 12.4 Å². The highest BCUT2D eigenvalue weighted by Crippen LogP contribution is 1.83. The maximum absolute atomic E-state index is 8.97. The first kappa shape index (κ1) is 6.85. The number of hydrogen-bond acceptors (Lipinski definition) is 2. The Morgan fingerprint density at radius 3 is 2.40 bits per heavy atom. The molecule has 0 aromatic heterocycles. The predicted molar refractivity (Wildman–Crippen MR) is 39.7 cm³/mol. The monoisotopic (exact) mass is 131 g/mol. The van der Waals surface area contributed by atoms with Crippen molar-refractivity contribution in [1.29, 1.82) is 5.26 Å². The SMILES string of the molecule is N#CB(O)c1ccccc1. The Labute approximate surface area is 59.8 Å². The smallest absolute Gasteiger partial charge is 0.435 e. The van der Waals surface area contributed by atoms with Crippen molar-refractivity contribution in [3.8, 4) is 5.97 Å². The highest BCUT2D eigenvalue weighted by molar-refractivity contribution is 6.73. The minimum atomic E-state index is -0.985. The van der Waals surface area contributed by atoms with E-state index in [1.807, 2.05) is 6.07 Å². The highest BCUT2D eigenvalue weighted by Gasteiger charge is 2.10. The molecule has 3 heteroatoms. The van der Waals surface area contributed by atoms with Crippen LogP contribution < -0.4 is 5.46 Å². The molecule has 0 aliphatic heterocycles. The fraction of sp³-hybridized carbons (Fsp3) is 0. The number of benzene rings is 1. The number of nitrogens with zero attached hydrogens (tertiary/aromatic N) is 1. The summed E-state index contributed by atoms with van der Waals surface area (Å²) in [5.74, 6) is 1.74. The molecule has 0 saturated heterocycles. The summed E-state index contributed by atoms with van der Waals surface area (Å²) >= 11 is 0. The van der Waals surface area contributed by atoms with E-state index in [0.29, 0.717) is 5.46 Å². The van der Waals surface area contributed by atoms with E-state index < -0.39 is 6.92 Å². The van der Waals surface area contributed by atoms with Gasteiger partial charge < -0.3 is 5.02 Å². The Morgan fingerprint density at radius 1 is 1.30 bits per heavy atom. The summed E-state index contributed by atoms with van der Waals surface area (Å²) in [5.41, 5.74) is 0.644. The van der Waals surface area contributed by atoms with Crippen molar-refractivity contribution in [2.45, 2.75) is 0 Å². The van der Waals surface area contributed by atoms with Gasteiger partial charge in [-0.15, -0.1) is 0 Å². The second-order valence-electron chi connectivity index (χ2n) is 1.94. The lowest BCUT2D eigenvalue weighted by Gasteiger charge is -1.93. The average molecular weight is 131 g/mol. The van der Waals surface area contributed by atoms with Crippen molar-refractivity contribution < 1.29 is 5.02 Å². The molecule has 1 aromatic rings. The molecular weight excluding hydrogens is 125 g/mol. The first-order valence-corrected chi connectivity index (χ1v) is 2.97. The summed E-state index contributed by atoms with van der Waals surface area (Å²) in [7, 11) is 0. The molecule has 0 spiro atoms. The molecule has 0 heterocycles. The molecular formula is C7H6BNO. The summed E-state index contributed by atoms with van der Waals surface area (Å²) in [6, 6.07) is 8.85. The van der Waals surface area contributed by atoms with Crippen LogP contribution in [0.25, 0.3) is 0 Å². The molecule has 48 valence electrons. The van der Waals surface area contributed by atoms with Gasteiger partial charge in [0.15, 0.2) is 0 Å². The first-order valence-electron chi connectivity index (χ1n) is 2.97. The summed E-state index contributed by atoms with van der Waals surface area (Å²) < 4.78 is 0. The summed E-state index contributed by atoms with van der Waals surface area (Å²) in [6.45, 7) is -0.985.